The van der Waals surface area contributed by atoms with Crippen molar-refractivity contribution in [1.82, 2.24) is 4.90 Å². The number of carbonyl (C=O) groups excluding carboxylic acids is 1. The normalized spacial score (nSPS) is 11.7. The standard InChI is InChI=1S/C16H27N3O/c1-5-19(6-2)12-13-8-7-9-14(10-13)18-15(20)11-16(3,4)17/h7-10H,5-6,11-12,17H2,1-4H3,(H,18,20). The second-order valence-electron chi connectivity index (χ2n) is 5.88. The number of benzene rings is 1. The first-order chi connectivity index (χ1) is 9.34. The van der Waals surface area contributed by atoms with Crippen LogP contribution in [0.15, 0.2) is 24.3 Å². The average molecular weight is 277 g/mol. The molecule has 1 rings (SSSR count). The Labute approximate surface area is 122 Å². The molecule has 0 heterocycles. The highest BCUT2D eigenvalue weighted by Gasteiger charge is 2.16. The third-order valence-corrected chi connectivity index (χ3v) is 3.13. The predicted molar refractivity (Wildman–Crippen MR) is 84.6 cm³/mol. The molecule has 0 unspecified atom stereocenters. The number of nitrogens with zero attached hydrogens (tertiary/aromatic N) is 1. The highest BCUT2D eigenvalue weighted by Crippen LogP contribution is 2.14. The van der Waals surface area contributed by atoms with E-state index in [1.165, 1.54) is 5.56 Å². The summed E-state index contributed by atoms with van der Waals surface area (Å²) in [5.41, 5.74) is 7.42. The van der Waals surface area contributed by atoms with Gasteiger partial charge in [0.1, 0.15) is 0 Å². The molecule has 0 spiro atoms. The van der Waals surface area contributed by atoms with Gasteiger partial charge >= 0.3 is 0 Å². The van der Waals surface area contributed by atoms with Crippen molar-refractivity contribution in [3.05, 3.63) is 29.8 Å². The molecule has 1 amide bonds. The Bertz CT molecular complexity index is 434. The van der Waals surface area contributed by atoms with Gasteiger partial charge in [0, 0.05) is 24.2 Å². The smallest absolute Gasteiger partial charge is 0.226 e. The third kappa shape index (κ3) is 6.17. The molecule has 112 valence electrons. The lowest BCUT2D eigenvalue weighted by atomic mass is 10.0. The quantitative estimate of drug-likeness (QED) is 0.805. The zero-order valence-electron chi connectivity index (χ0n) is 13.1. The third-order valence-electron chi connectivity index (χ3n) is 3.13. The summed E-state index contributed by atoms with van der Waals surface area (Å²) in [5.74, 6) is -0.0440. The number of nitrogens with one attached hydrogen (secondary N) is 1. The molecule has 0 aliphatic heterocycles. The fourth-order valence-electron chi connectivity index (χ4n) is 2.07. The van der Waals surface area contributed by atoms with E-state index in [-0.39, 0.29) is 5.91 Å². The van der Waals surface area contributed by atoms with E-state index < -0.39 is 5.54 Å². The highest BCUT2D eigenvalue weighted by atomic mass is 16.1. The number of amides is 1. The maximum absolute atomic E-state index is 11.9. The summed E-state index contributed by atoms with van der Waals surface area (Å²) < 4.78 is 0. The monoisotopic (exact) mass is 277 g/mol. The first kappa shape index (κ1) is 16.7. The second-order valence-corrected chi connectivity index (χ2v) is 5.88. The molecule has 0 radical (unpaired) electrons. The van der Waals surface area contributed by atoms with Crippen molar-refractivity contribution in [2.45, 2.75) is 46.2 Å². The molecule has 1 aromatic rings. The van der Waals surface area contributed by atoms with E-state index in [9.17, 15) is 4.79 Å². The Kier molecular flexibility index (Phi) is 6.17. The summed E-state index contributed by atoms with van der Waals surface area (Å²) >= 11 is 0. The summed E-state index contributed by atoms with van der Waals surface area (Å²) in [6, 6.07) is 8.00. The largest absolute Gasteiger partial charge is 0.326 e. The number of carbonyl (C=O) groups is 1. The van der Waals surface area contributed by atoms with Crippen molar-refractivity contribution >= 4 is 11.6 Å². The van der Waals surface area contributed by atoms with Gasteiger partial charge in [-0.1, -0.05) is 26.0 Å². The Morgan fingerprint density at radius 1 is 1.30 bits per heavy atom. The van der Waals surface area contributed by atoms with Crippen LogP contribution < -0.4 is 11.1 Å². The topological polar surface area (TPSA) is 58.4 Å². The van der Waals surface area contributed by atoms with Crippen molar-refractivity contribution in [2.75, 3.05) is 18.4 Å². The Hall–Kier alpha value is -1.39. The summed E-state index contributed by atoms with van der Waals surface area (Å²) in [6.07, 6.45) is 0.313. The first-order valence-corrected chi connectivity index (χ1v) is 7.24. The van der Waals surface area contributed by atoms with E-state index in [4.69, 9.17) is 5.73 Å². The van der Waals surface area contributed by atoms with E-state index >= 15 is 0 Å². The SMILES string of the molecule is CCN(CC)Cc1cccc(NC(=O)CC(C)(C)N)c1. The highest BCUT2D eigenvalue weighted by molar-refractivity contribution is 5.91. The van der Waals surface area contributed by atoms with Crippen LogP contribution in [0.3, 0.4) is 0 Å². The van der Waals surface area contributed by atoms with E-state index in [2.05, 4.69) is 30.1 Å². The van der Waals surface area contributed by atoms with Crippen LogP contribution in [-0.4, -0.2) is 29.4 Å². The molecular formula is C16H27N3O. The van der Waals surface area contributed by atoms with Gasteiger partial charge in [0.25, 0.3) is 0 Å². The average Bonchev–Trinajstić information content (AvgIpc) is 2.34. The van der Waals surface area contributed by atoms with Crippen molar-refractivity contribution in [2.24, 2.45) is 5.73 Å². The molecule has 0 saturated heterocycles. The maximum Gasteiger partial charge on any atom is 0.226 e. The fraction of sp³-hybridized carbons (Fsp3) is 0.562. The van der Waals surface area contributed by atoms with Crippen LogP contribution in [0.4, 0.5) is 5.69 Å². The Morgan fingerprint density at radius 3 is 2.50 bits per heavy atom. The number of rotatable bonds is 7. The lowest BCUT2D eigenvalue weighted by Gasteiger charge is -2.19. The fourth-order valence-corrected chi connectivity index (χ4v) is 2.07. The molecule has 1 aromatic carbocycles. The van der Waals surface area contributed by atoms with Crippen LogP contribution in [-0.2, 0) is 11.3 Å². The van der Waals surface area contributed by atoms with Gasteiger partial charge in [-0.3, -0.25) is 9.69 Å². The second kappa shape index (κ2) is 7.41. The van der Waals surface area contributed by atoms with Crippen molar-refractivity contribution in [1.29, 1.82) is 0 Å². The van der Waals surface area contributed by atoms with Gasteiger partial charge in [-0.2, -0.15) is 0 Å². The van der Waals surface area contributed by atoms with E-state index in [1.807, 2.05) is 32.0 Å². The summed E-state index contributed by atoms with van der Waals surface area (Å²) in [5, 5.41) is 2.91. The van der Waals surface area contributed by atoms with Gasteiger partial charge < -0.3 is 11.1 Å². The molecule has 20 heavy (non-hydrogen) atoms. The Morgan fingerprint density at radius 2 is 1.95 bits per heavy atom. The molecule has 0 fully saturated rings. The van der Waals surface area contributed by atoms with Crippen molar-refractivity contribution in [3.63, 3.8) is 0 Å². The maximum atomic E-state index is 11.9. The minimum absolute atomic E-state index is 0.0440. The molecule has 0 bridgehead atoms. The van der Waals surface area contributed by atoms with E-state index in [0.717, 1.165) is 25.3 Å². The van der Waals surface area contributed by atoms with Gasteiger partial charge in [0.15, 0.2) is 0 Å². The van der Waals surface area contributed by atoms with Crippen LogP contribution in [0, 0.1) is 0 Å². The van der Waals surface area contributed by atoms with Crippen LogP contribution in [0.5, 0.6) is 0 Å². The summed E-state index contributed by atoms with van der Waals surface area (Å²) in [6.45, 7) is 11.0. The van der Waals surface area contributed by atoms with Gasteiger partial charge in [-0.05, 0) is 44.6 Å². The number of anilines is 1. The molecule has 4 nitrogen and oxygen atoms in total. The first-order valence-electron chi connectivity index (χ1n) is 7.24. The lowest BCUT2D eigenvalue weighted by molar-refractivity contribution is -0.117. The van der Waals surface area contributed by atoms with Gasteiger partial charge in [-0.15, -0.1) is 0 Å². The van der Waals surface area contributed by atoms with Gasteiger partial charge in [0.2, 0.25) is 5.91 Å². The Balaban J connectivity index is 2.66. The summed E-state index contributed by atoms with van der Waals surface area (Å²) in [4.78, 5) is 14.2. The summed E-state index contributed by atoms with van der Waals surface area (Å²) in [7, 11) is 0. The predicted octanol–water partition coefficient (Wildman–Crippen LogP) is 2.59. The van der Waals surface area contributed by atoms with Crippen molar-refractivity contribution in [3.8, 4) is 0 Å². The van der Waals surface area contributed by atoms with E-state index in [1.54, 1.807) is 0 Å². The van der Waals surface area contributed by atoms with Crippen LogP contribution in [0.1, 0.15) is 39.7 Å². The van der Waals surface area contributed by atoms with Crippen LogP contribution in [0.2, 0.25) is 0 Å². The zero-order chi connectivity index (χ0) is 15.2. The zero-order valence-corrected chi connectivity index (χ0v) is 13.1. The molecule has 0 saturated carbocycles. The molecule has 0 atom stereocenters. The minimum atomic E-state index is -0.483. The lowest BCUT2D eigenvalue weighted by Crippen LogP contribution is -2.36. The molecular weight excluding hydrogens is 250 g/mol. The number of hydrogen-bond acceptors (Lipinski definition) is 3. The van der Waals surface area contributed by atoms with Crippen LogP contribution in [0.25, 0.3) is 0 Å². The van der Waals surface area contributed by atoms with Gasteiger partial charge in [-0.25, -0.2) is 0 Å². The molecule has 0 aliphatic carbocycles. The van der Waals surface area contributed by atoms with Crippen molar-refractivity contribution < 1.29 is 4.79 Å². The molecule has 0 aliphatic rings. The molecule has 4 heteroatoms. The molecule has 3 N–H and O–H groups in total. The number of nitrogens with two attached hydrogens (primary N) is 1. The van der Waals surface area contributed by atoms with Crippen LogP contribution >= 0.6 is 0 Å². The number of hydrogen-bond donors (Lipinski definition) is 2. The van der Waals surface area contributed by atoms with E-state index in [0.29, 0.717) is 6.42 Å². The molecule has 0 aromatic heterocycles. The van der Waals surface area contributed by atoms with Gasteiger partial charge in [0.05, 0.1) is 0 Å². The minimum Gasteiger partial charge on any atom is -0.326 e.